The molecule has 0 bridgehead atoms. The van der Waals surface area contributed by atoms with E-state index in [4.69, 9.17) is 47.4 Å². The van der Waals surface area contributed by atoms with Gasteiger partial charge in [-0.2, -0.15) is 0 Å². The van der Waals surface area contributed by atoms with E-state index in [9.17, 15) is 47.9 Å². The van der Waals surface area contributed by atoms with Gasteiger partial charge in [-0.3, -0.25) is 47.9 Å². The molecule has 0 N–H and O–H groups in total. The fourth-order valence-electron chi connectivity index (χ4n) is 15.0. The van der Waals surface area contributed by atoms with Gasteiger partial charge < -0.3 is 47.4 Å². The van der Waals surface area contributed by atoms with E-state index >= 15 is 0 Å². The van der Waals surface area contributed by atoms with Crippen LogP contribution in [-0.4, -0.2) is 124 Å². The van der Waals surface area contributed by atoms with E-state index in [0.717, 1.165) is 205 Å². The summed E-state index contributed by atoms with van der Waals surface area (Å²) in [5.41, 5.74) is -2.19. The van der Waals surface area contributed by atoms with Gasteiger partial charge >= 0.3 is 59.7 Å². The molecule has 0 aromatic heterocycles. The number of esters is 10. The lowest BCUT2D eigenvalue weighted by atomic mass is 9.87. The summed E-state index contributed by atoms with van der Waals surface area (Å²) in [4.78, 5) is 130. The van der Waals surface area contributed by atoms with Crippen LogP contribution in [-0.2, 0) is 95.3 Å². The molecule has 0 aromatic rings. The van der Waals surface area contributed by atoms with Gasteiger partial charge in [0, 0.05) is 51.4 Å². The first-order valence-electron chi connectivity index (χ1n) is 50.0. The Morgan fingerprint density at radius 2 is 0.317 bits per heavy atom. The van der Waals surface area contributed by atoms with Gasteiger partial charge in [0.15, 0.2) is 0 Å². The first-order valence-corrected chi connectivity index (χ1v) is 50.0. The van der Waals surface area contributed by atoms with Gasteiger partial charge in [-0.25, -0.2) is 0 Å². The Morgan fingerprint density at radius 3 is 0.467 bits per heavy atom. The molecule has 702 valence electrons. The summed E-state index contributed by atoms with van der Waals surface area (Å²) in [7, 11) is 0. The molecule has 0 aliphatic carbocycles. The number of rotatable bonds is 89. The van der Waals surface area contributed by atoms with Crippen LogP contribution < -0.4 is 0 Å². The monoisotopic (exact) mass is 1700 g/mol. The summed E-state index contributed by atoms with van der Waals surface area (Å²) in [6, 6.07) is 0. The number of unbranched alkanes of at least 4 members (excludes halogenated alkanes) is 40. The Labute approximate surface area is 732 Å². The minimum absolute atomic E-state index is 0.0746. The van der Waals surface area contributed by atoms with Gasteiger partial charge in [0.1, 0.15) is 64.1 Å². The van der Waals surface area contributed by atoms with Crippen LogP contribution in [0.25, 0.3) is 0 Å². The largest absolute Gasteiger partial charge is 0.465 e. The number of carbonyl (C=O) groups is 10. The molecular weight excluding hydrogens is 1520 g/mol. The molecule has 0 aliphatic heterocycles. The van der Waals surface area contributed by atoms with Crippen molar-refractivity contribution >= 4 is 59.7 Å². The van der Waals surface area contributed by atoms with E-state index in [1.54, 1.807) is 0 Å². The molecule has 120 heavy (non-hydrogen) atoms. The highest BCUT2D eigenvalue weighted by Gasteiger charge is 2.37. The van der Waals surface area contributed by atoms with Crippen LogP contribution in [0.3, 0.4) is 0 Å². The zero-order chi connectivity index (χ0) is 88.5. The average Bonchev–Trinajstić information content (AvgIpc) is 0.864. The maximum atomic E-state index is 13.7. The van der Waals surface area contributed by atoms with E-state index in [0.29, 0.717) is 64.2 Å². The fraction of sp³-hybridized carbons (Fsp3) is 0.900. The van der Waals surface area contributed by atoms with Crippen LogP contribution in [0, 0.1) is 10.8 Å². The van der Waals surface area contributed by atoms with Crippen LogP contribution in [0.1, 0.15) is 506 Å². The molecule has 4 unspecified atom stereocenters. The molecule has 0 saturated carbocycles. The Hall–Kier alpha value is -5.30. The highest BCUT2D eigenvalue weighted by Crippen LogP contribution is 2.30. The minimum Gasteiger partial charge on any atom is -0.465 e. The van der Waals surface area contributed by atoms with Crippen molar-refractivity contribution in [2.75, 3.05) is 39.6 Å². The molecule has 0 amide bonds. The van der Waals surface area contributed by atoms with Gasteiger partial charge in [0.05, 0.1) is 23.7 Å². The van der Waals surface area contributed by atoms with Crippen LogP contribution in [0.5, 0.6) is 0 Å². The van der Waals surface area contributed by atoms with Gasteiger partial charge in [0.25, 0.3) is 0 Å². The van der Waals surface area contributed by atoms with E-state index < -0.39 is 46.6 Å². The maximum absolute atomic E-state index is 13.7. The van der Waals surface area contributed by atoms with Crippen molar-refractivity contribution in [3.05, 3.63) is 0 Å². The van der Waals surface area contributed by atoms with Crippen LogP contribution >= 0.6 is 0 Å². The second-order valence-electron chi connectivity index (χ2n) is 34.9. The Morgan fingerprint density at radius 1 is 0.175 bits per heavy atom. The maximum Gasteiger partial charge on any atom is 0.306 e. The molecule has 0 fully saturated rings. The Bertz CT molecular complexity index is 2210. The molecule has 0 spiro atoms. The van der Waals surface area contributed by atoms with Crippen molar-refractivity contribution < 1.29 is 95.3 Å². The lowest BCUT2D eigenvalue weighted by Crippen LogP contribution is -2.39. The molecule has 0 saturated heterocycles. The predicted octanol–water partition coefficient (Wildman–Crippen LogP) is 26.6. The molecule has 4 atom stereocenters. The smallest absolute Gasteiger partial charge is 0.306 e. The third-order valence-corrected chi connectivity index (χ3v) is 23.8. The first kappa shape index (κ1) is 115. The van der Waals surface area contributed by atoms with Crippen LogP contribution in [0.15, 0.2) is 0 Å². The van der Waals surface area contributed by atoms with Crippen molar-refractivity contribution in [1.29, 1.82) is 0 Å². The summed E-state index contributed by atoms with van der Waals surface area (Å²) in [5, 5.41) is 0. The number of hydrogen-bond donors (Lipinski definition) is 0. The topological polar surface area (TPSA) is 263 Å². The van der Waals surface area contributed by atoms with Crippen LogP contribution in [0.4, 0.5) is 0 Å². The van der Waals surface area contributed by atoms with Crippen molar-refractivity contribution in [3.63, 3.8) is 0 Å². The Kier molecular flexibility index (Phi) is 78.4. The summed E-state index contributed by atoms with van der Waals surface area (Å²) in [6.07, 6.45) is 59.0. The summed E-state index contributed by atoms with van der Waals surface area (Å²) < 4.78 is 58.6. The fourth-order valence-corrected chi connectivity index (χ4v) is 15.0. The summed E-state index contributed by atoms with van der Waals surface area (Å²) in [6.45, 7) is 18.7. The molecular formula is C100H182O20. The van der Waals surface area contributed by atoms with E-state index in [-0.39, 0.29) is 126 Å². The molecule has 0 aromatic carbocycles. The quantitative estimate of drug-likeness (QED) is 0.0311. The lowest BCUT2D eigenvalue weighted by Gasteiger charge is -2.31. The second kappa shape index (κ2) is 82.0. The summed E-state index contributed by atoms with van der Waals surface area (Å²) in [5.74, 6) is -3.74. The van der Waals surface area contributed by atoms with E-state index in [1.165, 1.54) is 128 Å². The molecule has 20 nitrogen and oxygen atoms in total. The van der Waals surface area contributed by atoms with Gasteiger partial charge in [-0.15, -0.1) is 0 Å². The van der Waals surface area contributed by atoms with Gasteiger partial charge in [-0.1, -0.05) is 300 Å². The standard InChI is InChI=1S/C100H182O20/c1-11-21-25-29-33-41-53-65-85(117-89(101)15-5)69-57-45-37-49-61-73-93(105)111-79-99(19-9,80-112-94(106)74-62-50-38-46-58-70-86(118-90(102)16-6)66-54-42-34-30-26-22-12-2)83-115-97(109)77-78-98(110)116-84-100(20-10,81-113-95(107)75-63-51-39-47-59-71-87(119-91(103)17-7)67-55-43-35-31-27-23-13-3)82-114-96(108)76-64-52-40-48-60-72-88(120-92(104)18-8)68-56-44-36-32-28-24-14-4/h85-88H,11-84H2,1-10H3. The van der Waals surface area contributed by atoms with Gasteiger partial charge in [-0.05, 0) is 141 Å². The molecule has 0 rings (SSSR count). The molecule has 0 radical (unpaired) electrons. The van der Waals surface area contributed by atoms with Crippen molar-refractivity contribution in [1.82, 2.24) is 0 Å². The highest BCUT2D eigenvalue weighted by molar-refractivity contribution is 5.78. The number of carbonyl (C=O) groups excluding carboxylic acids is 10. The SMILES string of the molecule is CCCCCCCCCC(CCCCCCCC(=O)OCC(CC)(COC(=O)CCCCCCCC(CCCCCCCCC)OC(=O)CC)COC(=O)CCC(=O)OCC(CC)(COC(=O)CCCCCCCC(CCCCCCCCC)OC(=O)CC)COC(=O)CCCCCCCC(CCCCCCCCC)OC(=O)CC)OC(=O)CC. The lowest BCUT2D eigenvalue weighted by molar-refractivity contribution is -0.167. The molecule has 0 heterocycles. The van der Waals surface area contributed by atoms with Crippen molar-refractivity contribution in [3.8, 4) is 0 Å². The minimum atomic E-state index is -1.09. The first-order chi connectivity index (χ1) is 58.2. The normalized spacial score (nSPS) is 13.4. The third kappa shape index (κ3) is 70.0. The molecule has 20 heteroatoms. The van der Waals surface area contributed by atoms with Gasteiger partial charge in [0.2, 0.25) is 0 Å². The zero-order valence-corrected chi connectivity index (χ0v) is 78.8. The van der Waals surface area contributed by atoms with Crippen molar-refractivity contribution in [2.24, 2.45) is 10.8 Å². The van der Waals surface area contributed by atoms with Crippen LogP contribution in [0.2, 0.25) is 0 Å². The van der Waals surface area contributed by atoms with Crippen molar-refractivity contribution in [2.45, 2.75) is 530 Å². The highest BCUT2D eigenvalue weighted by atomic mass is 16.6. The second-order valence-corrected chi connectivity index (χ2v) is 34.9. The number of hydrogen-bond acceptors (Lipinski definition) is 20. The number of ether oxygens (including phenoxy) is 10. The molecule has 0 aliphatic rings. The zero-order valence-electron chi connectivity index (χ0n) is 78.8. The van der Waals surface area contributed by atoms with E-state index in [1.807, 2.05) is 41.5 Å². The van der Waals surface area contributed by atoms with E-state index in [2.05, 4.69) is 27.7 Å². The average molecular weight is 1700 g/mol. The summed E-state index contributed by atoms with van der Waals surface area (Å²) >= 11 is 0. The third-order valence-electron chi connectivity index (χ3n) is 23.8. The Balaban J connectivity index is 6.14. The predicted molar refractivity (Wildman–Crippen MR) is 481 cm³/mol.